The molecule has 2 aliphatic heterocycles. The molecular formula is C59H40N2O2. The molecular weight excluding hydrogens is 769 g/mol. The fourth-order valence-electron chi connectivity index (χ4n) is 10.4. The standard InChI is InChI=1S/C59H40N2O2/c1-59(2)48-33-37(28-31-43(48)44-32-30-39(35-49(44)59)60-50-19-7-11-23-55(50)62-56-24-12-8-20-51(56)60)27-29-38-34-46-42-17-5-6-18-45(42)54(36-47(46)41-16-4-3-15-40(38)41)61-52-21-9-13-25-57(52)63-58-26-14-10-22-53(58)61/h3-36H,1-2H3/b29-27+. The Morgan fingerprint density at radius 2 is 0.825 bits per heavy atom. The number of anilines is 6. The van der Waals surface area contributed by atoms with Gasteiger partial charge in [0.05, 0.1) is 28.4 Å². The van der Waals surface area contributed by atoms with Crippen LogP contribution in [0, 0.1) is 0 Å². The molecule has 0 atom stereocenters. The predicted molar refractivity (Wildman–Crippen MR) is 261 cm³/mol. The lowest BCUT2D eigenvalue weighted by Crippen LogP contribution is -2.18. The molecule has 0 bridgehead atoms. The summed E-state index contributed by atoms with van der Waals surface area (Å²) in [7, 11) is 0. The van der Waals surface area contributed by atoms with Gasteiger partial charge in [-0.1, -0.05) is 147 Å². The van der Waals surface area contributed by atoms with Crippen molar-refractivity contribution in [2.75, 3.05) is 9.80 Å². The van der Waals surface area contributed by atoms with Gasteiger partial charge in [0.1, 0.15) is 0 Å². The van der Waals surface area contributed by atoms with Gasteiger partial charge in [0.15, 0.2) is 23.0 Å². The van der Waals surface area contributed by atoms with Crippen LogP contribution in [0.2, 0.25) is 0 Å². The second kappa shape index (κ2) is 13.5. The summed E-state index contributed by atoms with van der Waals surface area (Å²) < 4.78 is 12.8. The van der Waals surface area contributed by atoms with Gasteiger partial charge in [0.25, 0.3) is 0 Å². The van der Waals surface area contributed by atoms with Crippen molar-refractivity contribution in [1.82, 2.24) is 0 Å². The Morgan fingerprint density at radius 1 is 0.365 bits per heavy atom. The monoisotopic (exact) mass is 808 g/mol. The Bertz CT molecular complexity index is 3490. The zero-order valence-electron chi connectivity index (χ0n) is 34.8. The van der Waals surface area contributed by atoms with Crippen LogP contribution < -0.4 is 19.3 Å². The molecule has 63 heavy (non-hydrogen) atoms. The lowest BCUT2D eigenvalue weighted by atomic mass is 9.81. The molecule has 2 heterocycles. The quantitative estimate of drug-likeness (QED) is 0.131. The summed E-state index contributed by atoms with van der Waals surface area (Å²) in [6.45, 7) is 4.72. The van der Waals surface area contributed by atoms with Gasteiger partial charge in [-0.25, -0.2) is 0 Å². The molecule has 4 heteroatoms. The van der Waals surface area contributed by atoms with Gasteiger partial charge in [-0.2, -0.15) is 0 Å². The van der Waals surface area contributed by atoms with E-state index >= 15 is 0 Å². The predicted octanol–water partition coefficient (Wildman–Crippen LogP) is 16.8. The number of hydrogen-bond acceptors (Lipinski definition) is 4. The van der Waals surface area contributed by atoms with Crippen molar-refractivity contribution in [1.29, 1.82) is 0 Å². The number of benzene rings is 10. The molecule has 1 aliphatic carbocycles. The van der Waals surface area contributed by atoms with Gasteiger partial charge < -0.3 is 19.3 Å². The van der Waals surface area contributed by atoms with E-state index < -0.39 is 0 Å². The number of ether oxygens (including phenoxy) is 2. The number of nitrogens with zero attached hydrogens (tertiary/aromatic N) is 2. The fourth-order valence-corrected chi connectivity index (χ4v) is 10.4. The fraction of sp³-hybridized carbons (Fsp3) is 0.0508. The highest BCUT2D eigenvalue weighted by atomic mass is 16.5. The van der Waals surface area contributed by atoms with Gasteiger partial charge in [0.2, 0.25) is 0 Å². The van der Waals surface area contributed by atoms with Crippen LogP contribution in [-0.2, 0) is 5.41 Å². The van der Waals surface area contributed by atoms with E-state index in [1.54, 1.807) is 0 Å². The molecule has 0 aromatic heterocycles. The molecule has 0 spiro atoms. The van der Waals surface area contributed by atoms with Crippen LogP contribution in [0.25, 0.3) is 55.6 Å². The average molecular weight is 809 g/mol. The highest BCUT2D eigenvalue weighted by Crippen LogP contribution is 2.55. The molecule has 10 aromatic rings. The van der Waals surface area contributed by atoms with E-state index in [2.05, 4.69) is 194 Å². The van der Waals surface area contributed by atoms with E-state index in [1.165, 1.54) is 65.7 Å². The van der Waals surface area contributed by atoms with Crippen LogP contribution in [0.1, 0.15) is 36.1 Å². The Hall–Kier alpha value is -8.08. The van der Waals surface area contributed by atoms with Crippen LogP contribution in [0.15, 0.2) is 194 Å². The number of fused-ring (bicyclic) bond motifs is 12. The average Bonchev–Trinajstić information content (AvgIpc) is 3.55. The molecule has 3 aliphatic rings. The van der Waals surface area contributed by atoms with Crippen molar-refractivity contribution in [2.45, 2.75) is 19.3 Å². The minimum absolute atomic E-state index is 0.205. The minimum atomic E-state index is -0.205. The van der Waals surface area contributed by atoms with E-state index in [4.69, 9.17) is 9.47 Å². The molecule has 10 aromatic carbocycles. The first-order valence-corrected chi connectivity index (χ1v) is 21.7. The molecule has 0 saturated carbocycles. The Balaban J connectivity index is 0.904. The van der Waals surface area contributed by atoms with Gasteiger partial charge >= 0.3 is 0 Å². The second-order valence-corrected chi connectivity index (χ2v) is 17.3. The molecule has 0 N–H and O–H groups in total. The first kappa shape index (κ1) is 35.7. The zero-order valence-corrected chi connectivity index (χ0v) is 34.8. The largest absolute Gasteiger partial charge is 0.453 e. The van der Waals surface area contributed by atoms with Crippen LogP contribution in [-0.4, -0.2) is 0 Å². The highest BCUT2D eigenvalue weighted by molar-refractivity contribution is 6.23. The van der Waals surface area contributed by atoms with E-state index in [9.17, 15) is 0 Å². The van der Waals surface area contributed by atoms with Crippen molar-refractivity contribution in [2.24, 2.45) is 0 Å². The lowest BCUT2D eigenvalue weighted by Gasteiger charge is -2.34. The van der Waals surface area contributed by atoms with E-state index in [1.807, 2.05) is 36.4 Å². The molecule has 298 valence electrons. The summed E-state index contributed by atoms with van der Waals surface area (Å²) in [4.78, 5) is 4.70. The molecule has 0 unspecified atom stereocenters. The summed E-state index contributed by atoms with van der Waals surface area (Å²) >= 11 is 0. The number of hydrogen-bond donors (Lipinski definition) is 0. The maximum atomic E-state index is 6.42. The van der Waals surface area contributed by atoms with Crippen LogP contribution in [0.4, 0.5) is 34.1 Å². The number of para-hydroxylation sites is 8. The Morgan fingerprint density at radius 3 is 1.43 bits per heavy atom. The maximum absolute atomic E-state index is 6.42. The van der Waals surface area contributed by atoms with Gasteiger partial charge in [-0.05, 0) is 133 Å². The van der Waals surface area contributed by atoms with Crippen molar-refractivity contribution >= 4 is 78.6 Å². The SMILES string of the molecule is CC1(C)c2cc(/C=C/c3cc4c5ccccc5c(N5c6ccccc6Oc6ccccc65)cc4c4ccccc34)ccc2-c2ccc(N3c4ccccc4Oc4ccccc43)cc21. The van der Waals surface area contributed by atoms with Crippen LogP contribution >= 0.6 is 0 Å². The van der Waals surface area contributed by atoms with Gasteiger partial charge in [-0.15, -0.1) is 0 Å². The lowest BCUT2D eigenvalue weighted by molar-refractivity contribution is 0.477. The third-order valence-electron chi connectivity index (χ3n) is 13.4. The van der Waals surface area contributed by atoms with E-state index in [0.29, 0.717) is 0 Å². The minimum Gasteiger partial charge on any atom is -0.453 e. The summed E-state index contributed by atoms with van der Waals surface area (Å²) in [5, 5.41) is 7.30. The molecule has 13 rings (SSSR count). The van der Waals surface area contributed by atoms with Gasteiger partial charge in [-0.3, -0.25) is 0 Å². The van der Waals surface area contributed by atoms with Crippen LogP contribution in [0.3, 0.4) is 0 Å². The van der Waals surface area contributed by atoms with E-state index in [-0.39, 0.29) is 5.41 Å². The summed E-state index contributed by atoms with van der Waals surface area (Å²) in [6.07, 6.45) is 4.60. The Labute approximate surface area is 366 Å². The normalized spacial score (nSPS) is 14.1. The van der Waals surface area contributed by atoms with E-state index in [0.717, 1.165) is 57.1 Å². The first-order valence-electron chi connectivity index (χ1n) is 21.7. The molecule has 0 amide bonds. The van der Waals surface area contributed by atoms with Crippen molar-refractivity contribution in [3.05, 3.63) is 216 Å². The molecule has 0 radical (unpaired) electrons. The van der Waals surface area contributed by atoms with Gasteiger partial charge in [0, 0.05) is 16.5 Å². The third-order valence-corrected chi connectivity index (χ3v) is 13.4. The second-order valence-electron chi connectivity index (χ2n) is 17.3. The number of rotatable bonds is 4. The summed E-state index contributed by atoms with van der Waals surface area (Å²) in [5.41, 5.74) is 13.8. The van der Waals surface area contributed by atoms with Crippen molar-refractivity contribution in [3.8, 4) is 34.1 Å². The molecule has 4 nitrogen and oxygen atoms in total. The summed E-state index contributed by atoms with van der Waals surface area (Å²) in [5.74, 6) is 3.41. The highest BCUT2D eigenvalue weighted by Gasteiger charge is 2.37. The molecule has 0 fully saturated rings. The Kier molecular flexibility index (Phi) is 7.62. The topological polar surface area (TPSA) is 24.9 Å². The van der Waals surface area contributed by atoms with Crippen LogP contribution in [0.5, 0.6) is 23.0 Å². The summed E-state index contributed by atoms with van der Waals surface area (Å²) in [6, 6.07) is 69.6. The zero-order chi connectivity index (χ0) is 41.8. The van der Waals surface area contributed by atoms with Crippen molar-refractivity contribution < 1.29 is 9.47 Å². The maximum Gasteiger partial charge on any atom is 0.151 e. The third kappa shape index (κ3) is 5.34. The molecule has 0 saturated heterocycles. The smallest absolute Gasteiger partial charge is 0.151 e. The van der Waals surface area contributed by atoms with Crippen molar-refractivity contribution in [3.63, 3.8) is 0 Å². The first-order chi connectivity index (χ1) is 31.0.